The van der Waals surface area contributed by atoms with Crippen molar-refractivity contribution >= 4 is 21.7 Å². The molecule has 2 rings (SSSR count). The van der Waals surface area contributed by atoms with Gasteiger partial charge in [-0.25, -0.2) is 0 Å². The molecule has 4 nitrogen and oxygen atoms in total. The summed E-state index contributed by atoms with van der Waals surface area (Å²) in [5.74, 6) is 0.183. The van der Waals surface area contributed by atoms with Gasteiger partial charge in [0, 0.05) is 29.5 Å². The Kier molecular flexibility index (Phi) is 6.36. The maximum Gasteiger partial charge on any atom is 0.162 e. The fourth-order valence-electron chi connectivity index (χ4n) is 2.67. The van der Waals surface area contributed by atoms with Gasteiger partial charge in [0.05, 0.1) is 18.8 Å². The predicted octanol–water partition coefficient (Wildman–Crippen LogP) is 2.49. The van der Waals surface area contributed by atoms with E-state index in [-0.39, 0.29) is 24.6 Å². The van der Waals surface area contributed by atoms with Crippen LogP contribution in [0.1, 0.15) is 30.1 Å². The van der Waals surface area contributed by atoms with Crippen LogP contribution in [0, 0.1) is 0 Å². The zero-order valence-electron chi connectivity index (χ0n) is 12.3. The topological polar surface area (TPSA) is 49.8 Å². The molecule has 0 saturated carbocycles. The first-order valence-corrected chi connectivity index (χ1v) is 8.15. The highest BCUT2D eigenvalue weighted by Crippen LogP contribution is 2.14. The number of aliphatic hydroxyl groups excluding tert-OH is 1. The van der Waals surface area contributed by atoms with Crippen LogP contribution < -0.4 is 0 Å². The zero-order valence-corrected chi connectivity index (χ0v) is 13.9. The Morgan fingerprint density at radius 3 is 2.76 bits per heavy atom. The van der Waals surface area contributed by atoms with Gasteiger partial charge in [-0.1, -0.05) is 28.1 Å². The predicted molar refractivity (Wildman–Crippen MR) is 85.6 cm³/mol. The van der Waals surface area contributed by atoms with Gasteiger partial charge in [-0.3, -0.25) is 9.69 Å². The Morgan fingerprint density at radius 1 is 1.38 bits per heavy atom. The van der Waals surface area contributed by atoms with E-state index in [9.17, 15) is 9.90 Å². The summed E-state index contributed by atoms with van der Waals surface area (Å²) in [6.07, 6.45) is 1.42. The number of ketones is 1. The van der Waals surface area contributed by atoms with Gasteiger partial charge < -0.3 is 9.84 Å². The number of rotatable bonds is 6. The number of carbonyl (C=O) groups is 1. The van der Waals surface area contributed by atoms with Crippen molar-refractivity contribution in [3.63, 3.8) is 0 Å². The van der Waals surface area contributed by atoms with Gasteiger partial charge in [-0.05, 0) is 32.0 Å². The number of carbonyl (C=O) groups excluding carboxylic acids is 1. The van der Waals surface area contributed by atoms with Crippen molar-refractivity contribution in [2.45, 2.75) is 32.0 Å². The second-order valence-corrected chi connectivity index (χ2v) is 6.46. The molecule has 21 heavy (non-hydrogen) atoms. The van der Waals surface area contributed by atoms with Crippen molar-refractivity contribution in [1.29, 1.82) is 0 Å². The minimum Gasteiger partial charge on any atom is -0.394 e. The van der Waals surface area contributed by atoms with E-state index in [2.05, 4.69) is 20.8 Å². The van der Waals surface area contributed by atoms with Crippen molar-refractivity contribution in [3.05, 3.63) is 34.3 Å². The van der Waals surface area contributed by atoms with E-state index in [0.29, 0.717) is 6.42 Å². The highest BCUT2D eigenvalue weighted by atomic mass is 79.9. The molecule has 0 bridgehead atoms. The number of hydrogen-bond donors (Lipinski definition) is 1. The van der Waals surface area contributed by atoms with E-state index in [0.717, 1.165) is 36.1 Å². The molecule has 0 radical (unpaired) electrons. The molecule has 0 aliphatic carbocycles. The Labute approximate surface area is 134 Å². The highest BCUT2D eigenvalue weighted by Gasteiger charge is 2.24. The molecule has 1 aromatic carbocycles. The molecule has 5 heteroatoms. The van der Waals surface area contributed by atoms with Crippen LogP contribution in [0.15, 0.2) is 28.7 Å². The molecule has 116 valence electrons. The van der Waals surface area contributed by atoms with E-state index >= 15 is 0 Å². The summed E-state index contributed by atoms with van der Waals surface area (Å²) in [6.45, 7) is 4.54. The lowest BCUT2D eigenvalue weighted by atomic mass is 10.1. The maximum atomic E-state index is 12.1. The van der Waals surface area contributed by atoms with Crippen LogP contribution in [-0.4, -0.2) is 54.2 Å². The molecule has 1 fully saturated rings. The second kappa shape index (κ2) is 8.03. The summed E-state index contributed by atoms with van der Waals surface area (Å²) in [7, 11) is 0. The van der Waals surface area contributed by atoms with Crippen LogP contribution >= 0.6 is 15.9 Å². The average molecular weight is 356 g/mol. The number of benzene rings is 1. The average Bonchev–Trinajstić information content (AvgIpc) is 2.47. The van der Waals surface area contributed by atoms with Crippen LogP contribution in [0.4, 0.5) is 0 Å². The lowest BCUT2D eigenvalue weighted by Crippen LogP contribution is -2.48. The van der Waals surface area contributed by atoms with Crippen LogP contribution in [0.5, 0.6) is 0 Å². The number of hydrogen-bond acceptors (Lipinski definition) is 4. The lowest BCUT2D eigenvalue weighted by molar-refractivity contribution is -0.0951. The first kappa shape index (κ1) is 16.6. The molecule has 1 aromatic rings. The summed E-state index contributed by atoms with van der Waals surface area (Å²) >= 11 is 3.37. The summed E-state index contributed by atoms with van der Waals surface area (Å²) < 4.78 is 6.59. The summed E-state index contributed by atoms with van der Waals surface area (Å²) in [6, 6.07) is 7.49. The number of halogens is 1. The Morgan fingerprint density at radius 2 is 2.10 bits per heavy atom. The van der Waals surface area contributed by atoms with E-state index in [1.807, 2.05) is 31.2 Å². The first-order valence-electron chi connectivity index (χ1n) is 7.36. The van der Waals surface area contributed by atoms with Crippen LogP contribution in [0.25, 0.3) is 0 Å². The maximum absolute atomic E-state index is 12.1. The largest absolute Gasteiger partial charge is 0.394 e. The molecule has 0 amide bonds. The van der Waals surface area contributed by atoms with E-state index in [1.165, 1.54) is 0 Å². The van der Waals surface area contributed by atoms with Crippen molar-refractivity contribution in [1.82, 2.24) is 4.90 Å². The number of ether oxygens (including phenoxy) is 1. The fraction of sp³-hybridized carbons (Fsp3) is 0.562. The lowest BCUT2D eigenvalue weighted by Gasteiger charge is -2.36. The number of morpholine rings is 1. The normalized spacial score (nSPS) is 23.2. The Balaban J connectivity index is 1.76. The van der Waals surface area contributed by atoms with Crippen molar-refractivity contribution in [3.8, 4) is 0 Å². The molecular weight excluding hydrogens is 334 g/mol. The fourth-order valence-corrected chi connectivity index (χ4v) is 2.93. The van der Waals surface area contributed by atoms with Crippen molar-refractivity contribution in [2.75, 3.05) is 26.2 Å². The zero-order chi connectivity index (χ0) is 15.2. The van der Waals surface area contributed by atoms with Crippen molar-refractivity contribution in [2.24, 2.45) is 0 Å². The van der Waals surface area contributed by atoms with Crippen LogP contribution in [0.3, 0.4) is 0 Å². The molecule has 1 N–H and O–H groups in total. The van der Waals surface area contributed by atoms with Crippen molar-refractivity contribution < 1.29 is 14.6 Å². The van der Waals surface area contributed by atoms with E-state index in [4.69, 9.17) is 4.74 Å². The van der Waals surface area contributed by atoms with Gasteiger partial charge in [0.2, 0.25) is 0 Å². The molecule has 1 saturated heterocycles. The molecule has 1 aliphatic heterocycles. The summed E-state index contributed by atoms with van der Waals surface area (Å²) in [4.78, 5) is 14.4. The molecule has 0 spiro atoms. The minimum absolute atomic E-state index is 0.0542. The number of aliphatic hydroxyl groups is 1. The molecular formula is C16H22BrNO3. The SMILES string of the molecule is CC1CN(CCCC(=O)c2ccc(Br)cc2)CC(CO)O1. The first-order chi connectivity index (χ1) is 10.1. The minimum atomic E-state index is -0.101. The second-order valence-electron chi connectivity index (χ2n) is 5.54. The third-order valence-electron chi connectivity index (χ3n) is 3.65. The van der Waals surface area contributed by atoms with Gasteiger partial charge in [-0.2, -0.15) is 0 Å². The summed E-state index contributed by atoms with van der Waals surface area (Å²) in [5.41, 5.74) is 0.766. The number of nitrogens with zero attached hydrogens (tertiary/aromatic N) is 1. The number of Topliss-reactive ketones (excluding diaryl/α,β-unsaturated/α-hetero) is 1. The highest BCUT2D eigenvalue weighted by molar-refractivity contribution is 9.10. The molecule has 2 atom stereocenters. The Bertz CT molecular complexity index is 463. The van der Waals surface area contributed by atoms with E-state index in [1.54, 1.807) is 0 Å². The van der Waals surface area contributed by atoms with Gasteiger partial charge in [0.15, 0.2) is 5.78 Å². The molecule has 0 aromatic heterocycles. The molecule has 1 aliphatic rings. The monoisotopic (exact) mass is 355 g/mol. The van der Waals surface area contributed by atoms with Gasteiger partial charge in [-0.15, -0.1) is 0 Å². The van der Waals surface area contributed by atoms with Crippen LogP contribution in [-0.2, 0) is 4.74 Å². The quantitative estimate of drug-likeness (QED) is 0.796. The van der Waals surface area contributed by atoms with Gasteiger partial charge >= 0.3 is 0 Å². The third-order valence-corrected chi connectivity index (χ3v) is 4.18. The van der Waals surface area contributed by atoms with E-state index < -0.39 is 0 Å². The summed E-state index contributed by atoms with van der Waals surface area (Å²) in [5, 5.41) is 9.20. The molecule has 1 heterocycles. The van der Waals surface area contributed by atoms with Crippen LogP contribution in [0.2, 0.25) is 0 Å². The molecule has 2 unspecified atom stereocenters. The van der Waals surface area contributed by atoms with Gasteiger partial charge in [0.1, 0.15) is 0 Å². The standard InChI is InChI=1S/C16H22BrNO3/c1-12-9-18(10-15(11-19)21-12)8-2-3-16(20)13-4-6-14(17)7-5-13/h4-7,12,15,19H,2-3,8-11H2,1H3. The van der Waals surface area contributed by atoms with Gasteiger partial charge in [0.25, 0.3) is 0 Å². The Hall–Kier alpha value is -0.750. The third kappa shape index (κ3) is 5.18. The smallest absolute Gasteiger partial charge is 0.162 e.